The van der Waals surface area contributed by atoms with E-state index in [9.17, 15) is 4.39 Å². The van der Waals surface area contributed by atoms with E-state index in [-0.39, 0.29) is 0 Å². The Bertz CT molecular complexity index is 244. The van der Waals surface area contributed by atoms with Gasteiger partial charge in [0.05, 0.1) is 0 Å². The minimum Gasteiger partial charge on any atom is -0.244 e. The SMILES string of the molecule is CC(C)CCCC(C)(C)C(C)CC1CC(C)(F)C1. The summed E-state index contributed by atoms with van der Waals surface area (Å²) in [6.07, 6.45) is 6.78. The quantitative estimate of drug-likeness (QED) is 0.524. The van der Waals surface area contributed by atoms with Crippen LogP contribution in [0.3, 0.4) is 0 Å². The van der Waals surface area contributed by atoms with E-state index in [1.54, 1.807) is 6.92 Å². The molecule has 1 atom stereocenters. The van der Waals surface area contributed by atoms with Gasteiger partial charge in [0.15, 0.2) is 0 Å². The second-order valence-electron chi connectivity index (χ2n) is 8.10. The number of rotatable bonds is 7. The Labute approximate surface area is 114 Å². The van der Waals surface area contributed by atoms with Crippen LogP contribution in [0.1, 0.15) is 80.1 Å². The van der Waals surface area contributed by atoms with Gasteiger partial charge in [-0.25, -0.2) is 4.39 Å². The van der Waals surface area contributed by atoms with Gasteiger partial charge < -0.3 is 0 Å². The van der Waals surface area contributed by atoms with Crippen LogP contribution >= 0.6 is 0 Å². The molecule has 1 aliphatic rings. The molecule has 1 heteroatoms. The molecule has 0 nitrogen and oxygen atoms in total. The normalized spacial score (nSPS) is 30.3. The molecule has 0 heterocycles. The van der Waals surface area contributed by atoms with Gasteiger partial charge in [-0.1, -0.05) is 47.5 Å². The van der Waals surface area contributed by atoms with E-state index in [0.717, 1.165) is 18.8 Å². The Hall–Kier alpha value is -0.0700. The molecule has 0 radical (unpaired) electrons. The summed E-state index contributed by atoms with van der Waals surface area (Å²) in [5, 5.41) is 0. The van der Waals surface area contributed by atoms with Gasteiger partial charge in [0.1, 0.15) is 5.67 Å². The first-order valence-electron chi connectivity index (χ1n) is 7.81. The summed E-state index contributed by atoms with van der Waals surface area (Å²) in [5.41, 5.74) is -0.441. The van der Waals surface area contributed by atoms with E-state index < -0.39 is 5.67 Å². The van der Waals surface area contributed by atoms with E-state index in [4.69, 9.17) is 0 Å². The molecular weight excluding hydrogens is 223 g/mol. The van der Waals surface area contributed by atoms with Crippen LogP contribution in [-0.4, -0.2) is 5.67 Å². The number of hydrogen-bond acceptors (Lipinski definition) is 0. The molecule has 0 aromatic heterocycles. The highest BCUT2D eigenvalue weighted by atomic mass is 19.1. The third-order valence-corrected chi connectivity index (χ3v) is 5.05. The lowest BCUT2D eigenvalue weighted by Gasteiger charge is -2.43. The van der Waals surface area contributed by atoms with Crippen molar-refractivity contribution in [3.05, 3.63) is 0 Å². The van der Waals surface area contributed by atoms with Crippen molar-refractivity contribution in [1.29, 1.82) is 0 Å². The minimum atomic E-state index is -0.855. The maximum Gasteiger partial charge on any atom is 0.108 e. The summed E-state index contributed by atoms with van der Waals surface area (Å²) in [5.74, 6) is 2.17. The third kappa shape index (κ3) is 4.90. The number of halogens is 1. The van der Waals surface area contributed by atoms with Crippen LogP contribution in [0.2, 0.25) is 0 Å². The van der Waals surface area contributed by atoms with Crippen molar-refractivity contribution in [3.63, 3.8) is 0 Å². The fraction of sp³-hybridized carbons (Fsp3) is 1.00. The Kier molecular flexibility index (Phi) is 5.26. The first-order chi connectivity index (χ1) is 8.12. The van der Waals surface area contributed by atoms with Crippen molar-refractivity contribution in [2.75, 3.05) is 0 Å². The Morgan fingerprint density at radius 3 is 2.22 bits per heavy atom. The van der Waals surface area contributed by atoms with Gasteiger partial charge in [-0.3, -0.25) is 0 Å². The molecule has 1 saturated carbocycles. The zero-order valence-electron chi connectivity index (χ0n) is 13.4. The lowest BCUT2D eigenvalue weighted by molar-refractivity contribution is 0.00278. The predicted octanol–water partition coefficient (Wildman–Crippen LogP) is 6.00. The van der Waals surface area contributed by atoms with Gasteiger partial charge >= 0.3 is 0 Å². The van der Waals surface area contributed by atoms with Crippen molar-refractivity contribution >= 4 is 0 Å². The van der Waals surface area contributed by atoms with Crippen LogP contribution < -0.4 is 0 Å². The van der Waals surface area contributed by atoms with Gasteiger partial charge in [-0.15, -0.1) is 0 Å². The second-order valence-corrected chi connectivity index (χ2v) is 8.10. The molecule has 18 heavy (non-hydrogen) atoms. The van der Waals surface area contributed by atoms with Crippen molar-refractivity contribution in [2.24, 2.45) is 23.2 Å². The summed E-state index contributed by atoms with van der Waals surface area (Å²) in [6, 6.07) is 0. The smallest absolute Gasteiger partial charge is 0.108 e. The van der Waals surface area contributed by atoms with Crippen LogP contribution in [0.25, 0.3) is 0 Å². The predicted molar refractivity (Wildman–Crippen MR) is 78.5 cm³/mol. The van der Waals surface area contributed by atoms with E-state index in [0.29, 0.717) is 17.3 Å². The fourth-order valence-corrected chi connectivity index (χ4v) is 3.34. The largest absolute Gasteiger partial charge is 0.244 e. The van der Waals surface area contributed by atoms with Gasteiger partial charge in [-0.05, 0) is 55.8 Å². The van der Waals surface area contributed by atoms with Gasteiger partial charge in [0, 0.05) is 0 Å². The molecule has 0 N–H and O–H groups in total. The Balaban J connectivity index is 2.28. The summed E-state index contributed by atoms with van der Waals surface area (Å²) in [6.45, 7) is 13.5. The molecule has 0 aromatic carbocycles. The molecule has 1 aliphatic carbocycles. The molecule has 0 amide bonds. The van der Waals surface area contributed by atoms with Crippen molar-refractivity contribution in [1.82, 2.24) is 0 Å². The first-order valence-corrected chi connectivity index (χ1v) is 7.81. The van der Waals surface area contributed by atoms with Crippen molar-refractivity contribution in [2.45, 2.75) is 85.7 Å². The van der Waals surface area contributed by atoms with Gasteiger partial charge in [0.25, 0.3) is 0 Å². The van der Waals surface area contributed by atoms with Crippen LogP contribution in [0.15, 0.2) is 0 Å². The maximum atomic E-state index is 13.5. The van der Waals surface area contributed by atoms with E-state index in [1.165, 1.54) is 25.7 Å². The van der Waals surface area contributed by atoms with Gasteiger partial charge in [-0.2, -0.15) is 0 Å². The summed E-state index contributed by atoms with van der Waals surface area (Å²) in [4.78, 5) is 0. The van der Waals surface area contributed by atoms with Crippen LogP contribution in [0.4, 0.5) is 4.39 Å². The topological polar surface area (TPSA) is 0 Å². The van der Waals surface area contributed by atoms with Crippen molar-refractivity contribution in [3.8, 4) is 0 Å². The fourth-order valence-electron chi connectivity index (χ4n) is 3.34. The van der Waals surface area contributed by atoms with Crippen LogP contribution in [0.5, 0.6) is 0 Å². The maximum absolute atomic E-state index is 13.5. The van der Waals surface area contributed by atoms with Crippen molar-refractivity contribution < 1.29 is 4.39 Å². The molecule has 1 unspecified atom stereocenters. The molecule has 1 fully saturated rings. The minimum absolute atomic E-state index is 0.414. The van der Waals surface area contributed by atoms with Crippen LogP contribution in [0, 0.1) is 23.2 Å². The van der Waals surface area contributed by atoms with Gasteiger partial charge in [0.2, 0.25) is 0 Å². The standard InChI is InChI=1S/C17H33F/c1-13(2)8-7-9-16(4,5)14(3)10-15-11-17(6,18)12-15/h13-15H,7-12H2,1-6H3. The average molecular weight is 256 g/mol. The molecular formula is C17H33F. The van der Waals surface area contributed by atoms with E-state index in [1.807, 2.05) is 0 Å². The summed E-state index contributed by atoms with van der Waals surface area (Å²) < 4.78 is 13.5. The van der Waals surface area contributed by atoms with E-state index in [2.05, 4.69) is 34.6 Å². The summed E-state index contributed by atoms with van der Waals surface area (Å²) >= 11 is 0. The monoisotopic (exact) mass is 256 g/mol. The molecule has 0 bridgehead atoms. The highest BCUT2D eigenvalue weighted by Gasteiger charge is 2.42. The second kappa shape index (κ2) is 5.92. The molecule has 1 rings (SSSR count). The lowest BCUT2D eigenvalue weighted by Crippen LogP contribution is -2.39. The zero-order valence-corrected chi connectivity index (χ0v) is 13.4. The Morgan fingerprint density at radius 2 is 1.78 bits per heavy atom. The van der Waals surface area contributed by atoms with E-state index >= 15 is 0 Å². The molecule has 0 saturated heterocycles. The highest BCUT2D eigenvalue weighted by Crippen LogP contribution is 2.47. The molecule has 0 aliphatic heterocycles. The highest BCUT2D eigenvalue weighted by molar-refractivity contribution is 4.92. The zero-order chi connectivity index (χ0) is 14.0. The average Bonchev–Trinajstić information content (AvgIpc) is 2.13. The molecule has 0 spiro atoms. The summed E-state index contributed by atoms with van der Waals surface area (Å²) in [7, 11) is 0. The molecule has 0 aromatic rings. The third-order valence-electron chi connectivity index (χ3n) is 5.05. The lowest BCUT2D eigenvalue weighted by atomic mass is 9.65. The number of alkyl halides is 1. The van der Waals surface area contributed by atoms with Crippen LogP contribution in [-0.2, 0) is 0 Å². The first kappa shape index (κ1) is 16.0. The number of hydrogen-bond donors (Lipinski definition) is 0. The molecule has 108 valence electrons. The Morgan fingerprint density at radius 1 is 1.22 bits per heavy atom.